The highest BCUT2D eigenvalue weighted by Gasteiger charge is 2.45. The maximum absolute atomic E-state index is 12.5. The molecule has 0 aromatic heterocycles. The van der Waals surface area contributed by atoms with E-state index < -0.39 is 5.60 Å². The number of hydrogen-bond acceptors (Lipinski definition) is 5. The average Bonchev–Trinajstić information content (AvgIpc) is 2.88. The van der Waals surface area contributed by atoms with Crippen LogP contribution in [-0.2, 0) is 14.3 Å². The summed E-state index contributed by atoms with van der Waals surface area (Å²) in [5.74, 6) is 0.483. The van der Waals surface area contributed by atoms with E-state index in [-0.39, 0.29) is 60.6 Å². The van der Waals surface area contributed by atoms with Crippen molar-refractivity contribution in [3.8, 4) is 0 Å². The van der Waals surface area contributed by atoms with Crippen LogP contribution in [0.1, 0.15) is 46.5 Å². The molecule has 2 fully saturated rings. The number of carbonyl (C=O) groups excluding carboxylic acids is 2. The summed E-state index contributed by atoms with van der Waals surface area (Å²) < 4.78 is 10.5. The zero-order valence-electron chi connectivity index (χ0n) is 18.1. The van der Waals surface area contributed by atoms with E-state index in [2.05, 4.69) is 20.9 Å². The number of nitrogens with one attached hydrogen (secondary N) is 3. The fraction of sp³-hybridized carbons (Fsp3) is 0.842. The molecule has 2 aliphatic heterocycles. The number of hydrogen-bond donors (Lipinski definition) is 3. The van der Waals surface area contributed by atoms with Crippen molar-refractivity contribution >= 4 is 41.9 Å². The van der Waals surface area contributed by atoms with Gasteiger partial charge in [-0.25, -0.2) is 4.79 Å². The normalized spacial score (nSPS) is 23.8. The molecule has 2 heterocycles. The summed E-state index contributed by atoms with van der Waals surface area (Å²) in [5, 5.41) is 9.19. The third kappa shape index (κ3) is 8.15. The fourth-order valence-electron chi connectivity index (χ4n) is 3.81. The van der Waals surface area contributed by atoms with Crippen LogP contribution in [0.2, 0.25) is 0 Å². The van der Waals surface area contributed by atoms with Crippen LogP contribution in [0.25, 0.3) is 0 Å². The largest absolute Gasteiger partial charge is 0.444 e. The monoisotopic (exact) mass is 525 g/mol. The number of fused-ring (bicyclic) bond motifs is 2. The first-order valence-corrected chi connectivity index (χ1v) is 9.97. The molecule has 2 unspecified atom stereocenters. The first kappa shape index (κ1) is 25.7. The summed E-state index contributed by atoms with van der Waals surface area (Å²) in [6.07, 6.45) is 3.47. The topological polar surface area (TPSA) is 104 Å². The fourth-order valence-corrected chi connectivity index (χ4v) is 3.81. The van der Waals surface area contributed by atoms with Gasteiger partial charge in [0.1, 0.15) is 5.60 Å². The van der Waals surface area contributed by atoms with Crippen molar-refractivity contribution in [1.29, 1.82) is 0 Å². The van der Waals surface area contributed by atoms with Gasteiger partial charge in [-0.2, -0.15) is 0 Å². The minimum Gasteiger partial charge on any atom is -0.444 e. The lowest BCUT2D eigenvalue weighted by Gasteiger charge is -2.40. The molecule has 9 nitrogen and oxygen atoms in total. The molecule has 2 rings (SSSR count). The van der Waals surface area contributed by atoms with Crippen molar-refractivity contribution in [2.24, 2.45) is 4.99 Å². The Kier molecular flexibility index (Phi) is 10.4. The van der Waals surface area contributed by atoms with Crippen LogP contribution >= 0.6 is 24.0 Å². The van der Waals surface area contributed by atoms with E-state index in [9.17, 15) is 9.59 Å². The quantitative estimate of drug-likeness (QED) is 0.210. The molecule has 0 aromatic rings. The molecule has 0 radical (unpaired) electrons. The van der Waals surface area contributed by atoms with Gasteiger partial charge in [-0.3, -0.25) is 9.79 Å². The molecule has 3 N–H and O–H groups in total. The van der Waals surface area contributed by atoms with E-state index in [1.807, 2.05) is 25.7 Å². The van der Waals surface area contributed by atoms with Crippen molar-refractivity contribution in [1.82, 2.24) is 20.9 Å². The summed E-state index contributed by atoms with van der Waals surface area (Å²) >= 11 is 0. The summed E-state index contributed by atoms with van der Waals surface area (Å²) in [4.78, 5) is 30.5. The van der Waals surface area contributed by atoms with Gasteiger partial charge in [-0.05, 0) is 46.5 Å². The van der Waals surface area contributed by atoms with E-state index in [1.54, 1.807) is 14.2 Å². The minimum absolute atomic E-state index is 0. The minimum atomic E-state index is -0.485. The van der Waals surface area contributed by atoms with Gasteiger partial charge >= 0.3 is 6.09 Å². The smallest absolute Gasteiger partial charge is 0.410 e. The van der Waals surface area contributed by atoms with Gasteiger partial charge in [0.15, 0.2) is 5.96 Å². The lowest BCUT2D eigenvalue weighted by atomic mass is 9.98. The van der Waals surface area contributed by atoms with Gasteiger partial charge in [0.2, 0.25) is 5.91 Å². The zero-order chi connectivity index (χ0) is 20.7. The lowest BCUT2D eigenvalue weighted by molar-refractivity contribution is -0.120. The average molecular weight is 525 g/mol. The van der Waals surface area contributed by atoms with Crippen LogP contribution < -0.4 is 16.0 Å². The Balaban J connectivity index is 0.00000420. The second-order valence-corrected chi connectivity index (χ2v) is 8.35. The summed E-state index contributed by atoms with van der Waals surface area (Å²) in [6, 6.07) is 0.571. The summed E-state index contributed by atoms with van der Waals surface area (Å²) in [7, 11) is 3.28. The Morgan fingerprint density at radius 2 is 1.76 bits per heavy atom. The van der Waals surface area contributed by atoms with Crippen LogP contribution in [0.4, 0.5) is 4.79 Å². The highest BCUT2D eigenvalue weighted by Crippen LogP contribution is 2.36. The zero-order valence-corrected chi connectivity index (χ0v) is 20.4. The van der Waals surface area contributed by atoms with Crippen LogP contribution in [0.15, 0.2) is 4.99 Å². The molecule has 2 bridgehead atoms. The third-order valence-corrected chi connectivity index (χ3v) is 4.95. The van der Waals surface area contributed by atoms with Crippen LogP contribution in [0.5, 0.6) is 0 Å². The second kappa shape index (κ2) is 11.8. The first-order chi connectivity index (χ1) is 13.2. The molecule has 2 aliphatic rings. The SMILES string of the molecule is CN=C(NCC(=O)NCCOC)NC1CC2CCC(C1)N2C(=O)OC(C)(C)C.I. The summed E-state index contributed by atoms with van der Waals surface area (Å²) in [5.41, 5.74) is -0.485. The van der Waals surface area contributed by atoms with Crippen LogP contribution in [0.3, 0.4) is 0 Å². The Labute approximate surface area is 190 Å². The van der Waals surface area contributed by atoms with E-state index in [1.165, 1.54) is 0 Å². The predicted octanol–water partition coefficient (Wildman–Crippen LogP) is 1.46. The van der Waals surface area contributed by atoms with E-state index in [4.69, 9.17) is 9.47 Å². The number of halogens is 1. The van der Waals surface area contributed by atoms with Gasteiger partial charge in [-0.1, -0.05) is 0 Å². The van der Waals surface area contributed by atoms with Crippen LogP contribution in [-0.4, -0.2) is 80.4 Å². The number of guanidine groups is 1. The Hall–Kier alpha value is -1.30. The molecule has 0 aliphatic carbocycles. The van der Waals surface area contributed by atoms with Crippen molar-refractivity contribution in [3.63, 3.8) is 0 Å². The highest BCUT2D eigenvalue weighted by molar-refractivity contribution is 14.0. The van der Waals surface area contributed by atoms with E-state index >= 15 is 0 Å². The molecule has 168 valence electrons. The lowest BCUT2D eigenvalue weighted by Crippen LogP contribution is -2.55. The Morgan fingerprint density at radius 3 is 2.28 bits per heavy atom. The molecule has 0 saturated carbocycles. The molecule has 2 amide bonds. The van der Waals surface area contributed by atoms with Gasteiger partial charge in [0.05, 0.1) is 13.2 Å². The number of rotatable bonds is 6. The number of ether oxygens (including phenoxy) is 2. The number of piperidine rings is 1. The molecule has 2 saturated heterocycles. The van der Waals surface area contributed by atoms with Crippen LogP contribution in [0, 0.1) is 0 Å². The highest BCUT2D eigenvalue weighted by atomic mass is 127. The van der Waals surface area contributed by atoms with Gasteiger partial charge < -0.3 is 30.3 Å². The predicted molar refractivity (Wildman–Crippen MR) is 123 cm³/mol. The maximum atomic E-state index is 12.5. The van der Waals surface area contributed by atoms with Gasteiger partial charge in [0, 0.05) is 38.8 Å². The third-order valence-electron chi connectivity index (χ3n) is 4.95. The molecule has 29 heavy (non-hydrogen) atoms. The van der Waals surface area contributed by atoms with Gasteiger partial charge in [-0.15, -0.1) is 24.0 Å². The Bertz CT molecular complexity index is 567. The molecule has 10 heteroatoms. The number of nitrogens with zero attached hydrogens (tertiary/aromatic N) is 2. The van der Waals surface area contributed by atoms with Crippen molar-refractivity contribution in [2.75, 3.05) is 33.9 Å². The molecule has 0 spiro atoms. The Morgan fingerprint density at radius 1 is 1.14 bits per heavy atom. The van der Waals surface area contributed by atoms with E-state index in [0.717, 1.165) is 25.7 Å². The van der Waals surface area contributed by atoms with Crippen molar-refractivity contribution in [2.45, 2.75) is 70.2 Å². The first-order valence-electron chi connectivity index (χ1n) is 9.97. The molecular weight excluding hydrogens is 489 g/mol. The number of aliphatic imine (C=N–C) groups is 1. The number of carbonyl (C=O) groups is 2. The number of amides is 2. The van der Waals surface area contributed by atoms with Gasteiger partial charge in [0.25, 0.3) is 0 Å². The second-order valence-electron chi connectivity index (χ2n) is 8.35. The summed E-state index contributed by atoms with van der Waals surface area (Å²) in [6.45, 7) is 6.78. The van der Waals surface area contributed by atoms with E-state index in [0.29, 0.717) is 19.1 Å². The standard InChI is InChI=1S/C19H35N5O4.HI/c1-19(2,3)28-18(26)24-14-6-7-15(24)11-13(10-14)23-17(20-4)22-12-16(25)21-8-9-27-5;/h13-15H,6-12H2,1-5H3,(H,21,25)(H2,20,22,23);1H. The molecule has 0 aromatic carbocycles. The van der Waals surface area contributed by atoms with Crippen molar-refractivity contribution in [3.05, 3.63) is 0 Å². The number of methoxy groups -OCH3 is 1. The molecular formula is C19H36IN5O4. The maximum Gasteiger partial charge on any atom is 0.410 e. The molecule has 2 atom stereocenters. The van der Waals surface area contributed by atoms with Crippen molar-refractivity contribution < 1.29 is 19.1 Å².